The van der Waals surface area contributed by atoms with Crippen LogP contribution in [-0.4, -0.2) is 21.3 Å². The molecule has 0 aliphatic carbocycles. The number of fused-ring (bicyclic) bond motifs is 1. The second-order valence-corrected chi connectivity index (χ2v) is 5.78. The van der Waals surface area contributed by atoms with Gasteiger partial charge in [0, 0.05) is 18.7 Å². The van der Waals surface area contributed by atoms with Crippen molar-refractivity contribution in [3.63, 3.8) is 0 Å². The van der Waals surface area contributed by atoms with Crippen molar-refractivity contribution in [3.05, 3.63) is 65.5 Å². The minimum Gasteiger partial charge on any atom is -0.357 e. The summed E-state index contributed by atoms with van der Waals surface area (Å²) in [5.74, 6) is -0.0927. The van der Waals surface area contributed by atoms with E-state index in [9.17, 15) is 8.78 Å². The highest BCUT2D eigenvalue weighted by atomic mass is 19.1. The van der Waals surface area contributed by atoms with E-state index >= 15 is 0 Å². The molecular formula is C18H13F2N5. The van der Waals surface area contributed by atoms with Gasteiger partial charge in [-0.15, -0.1) is 10.2 Å². The zero-order chi connectivity index (χ0) is 17.4. The Hall–Kier alpha value is -3.27. The molecule has 5 nitrogen and oxygen atoms in total. The first-order valence-electron chi connectivity index (χ1n) is 7.79. The molecule has 2 aromatic carbocycles. The molecule has 0 amide bonds. The van der Waals surface area contributed by atoms with Gasteiger partial charge in [0.05, 0.1) is 18.2 Å². The van der Waals surface area contributed by atoms with E-state index in [0.717, 1.165) is 23.5 Å². The highest BCUT2D eigenvalue weighted by Gasteiger charge is 2.26. The predicted molar refractivity (Wildman–Crippen MR) is 87.6 cm³/mol. The van der Waals surface area contributed by atoms with Crippen LogP contribution in [0.25, 0.3) is 11.4 Å². The van der Waals surface area contributed by atoms with E-state index in [0.29, 0.717) is 18.9 Å². The average Bonchev–Trinajstić information content (AvgIpc) is 3.05. The van der Waals surface area contributed by atoms with Gasteiger partial charge < -0.3 is 9.47 Å². The molecule has 1 aromatic heterocycles. The number of hydrogen-bond donors (Lipinski definition) is 0. The lowest BCUT2D eigenvalue weighted by molar-refractivity contribution is 0.524. The molecule has 0 bridgehead atoms. The molecule has 25 heavy (non-hydrogen) atoms. The Balaban J connectivity index is 1.67. The second kappa shape index (κ2) is 5.98. The molecule has 0 atom stereocenters. The molecule has 0 unspecified atom stereocenters. The Morgan fingerprint density at radius 3 is 2.40 bits per heavy atom. The van der Waals surface area contributed by atoms with Crippen LogP contribution in [0.3, 0.4) is 0 Å². The monoisotopic (exact) mass is 337 g/mol. The highest BCUT2D eigenvalue weighted by molar-refractivity contribution is 5.57. The zero-order valence-electron chi connectivity index (χ0n) is 13.2. The molecule has 2 heterocycles. The van der Waals surface area contributed by atoms with Crippen LogP contribution < -0.4 is 4.90 Å². The maximum Gasteiger partial charge on any atom is 0.164 e. The van der Waals surface area contributed by atoms with Gasteiger partial charge in [-0.1, -0.05) is 30.3 Å². The molecule has 3 aromatic rings. The summed E-state index contributed by atoms with van der Waals surface area (Å²) >= 11 is 0. The van der Waals surface area contributed by atoms with Gasteiger partial charge in [0.2, 0.25) is 0 Å². The Morgan fingerprint density at radius 1 is 1.00 bits per heavy atom. The zero-order valence-corrected chi connectivity index (χ0v) is 13.2. The number of aromatic nitrogens is 3. The third kappa shape index (κ3) is 2.62. The SMILES string of the molecule is N#Cc1cc(F)c(N2CCn3c(nnc3-c3ccccc3)C2)c(F)c1. The minimum atomic E-state index is -0.743. The molecule has 7 heteroatoms. The molecule has 0 N–H and O–H groups in total. The number of hydrogen-bond acceptors (Lipinski definition) is 4. The van der Waals surface area contributed by atoms with Gasteiger partial charge >= 0.3 is 0 Å². The Labute approximate surface area is 142 Å². The third-order valence-corrected chi connectivity index (χ3v) is 4.25. The third-order valence-electron chi connectivity index (χ3n) is 4.25. The highest BCUT2D eigenvalue weighted by Crippen LogP contribution is 2.29. The van der Waals surface area contributed by atoms with Crippen LogP contribution in [0, 0.1) is 23.0 Å². The minimum absolute atomic E-state index is 0.0368. The Kier molecular flexibility index (Phi) is 3.65. The first-order valence-corrected chi connectivity index (χ1v) is 7.79. The molecule has 0 radical (unpaired) electrons. The number of anilines is 1. The smallest absolute Gasteiger partial charge is 0.164 e. The molecule has 4 rings (SSSR count). The largest absolute Gasteiger partial charge is 0.357 e. The van der Waals surface area contributed by atoms with Gasteiger partial charge in [0.25, 0.3) is 0 Å². The summed E-state index contributed by atoms with van der Waals surface area (Å²) < 4.78 is 30.5. The standard InChI is InChI=1S/C18H13F2N5/c19-14-8-12(10-21)9-15(20)17(14)24-6-7-25-16(11-24)22-23-18(25)13-4-2-1-3-5-13/h1-5,8-9H,6-7,11H2. The number of nitriles is 1. The maximum absolute atomic E-state index is 14.3. The van der Waals surface area contributed by atoms with E-state index in [-0.39, 0.29) is 17.8 Å². The van der Waals surface area contributed by atoms with E-state index in [1.165, 1.54) is 0 Å². The predicted octanol–water partition coefficient (Wildman–Crippen LogP) is 3.12. The summed E-state index contributed by atoms with van der Waals surface area (Å²) in [7, 11) is 0. The van der Waals surface area contributed by atoms with Crippen molar-refractivity contribution in [1.82, 2.24) is 14.8 Å². The number of halogens is 2. The number of rotatable bonds is 2. The van der Waals surface area contributed by atoms with Crippen LogP contribution in [0.4, 0.5) is 14.5 Å². The van der Waals surface area contributed by atoms with E-state index in [2.05, 4.69) is 10.2 Å². The molecular weight excluding hydrogens is 324 g/mol. The van der Waals surface area contributed by atoms with E-state index in [4.69, 9.17) is 5.26 Å². The summed E-state index contributed by atoms with van der Waals surface area (Å²) in [6, 6.07) is 13.5. The van der Waals surface area contributed by atoms with Gasteiger partial charge in [-0.3, -0.25) is 0 Å². The summed E-state index contributed by atoms with van der Waals surface area (Å²) in [4.78, 5) is 1.59. The second-order valence-electron chi connectivity index (χ2n) is 5.78. The van der Waals surface area contributed by atoms with Crippen molar-refractivity contribution in [2.75, 3.05) is 11.4 Å². The van der Waals surface area contributed by atoms with E-state index in [1.54, 1.807) is 11.0 Å². The van der Waals surface area contributed by atoms with Crippen molar-refractivity contribution >= 4 is 5.69 Å². The van der Waals surface area contributed by atoms with Crippen LogP contribution in [0.1, 0.15) is 11.4 Å². The first-order chi connectivity index (χ1) is 12.2. The van der Waals surface area contributed by atoms with Crippen molar-refractivity contribution in [2.24, 2.45) is 0 Å². The van der Waals surface area contributed by atoms with Crippen LogP contribution in [0.2, 0.25) is 0 Å². The topological polar surface area (TPSA) is 57.7 Å². The fraction of sp³-hybridized carbons (Fsp3) is 0.167. The molecule has 0 spiro atoms. The van der Waals surface area contributed by atoms with Gasteiger partial charge in [-0.05, 0) is 12.1 Å². The normalized spacial score (nSPS) is 13.4. The van der Waals surface area contributed by atoms with Crippen molar-refractivity contribution in [2.45, 2.75) is 13.1 Å². The van der Waals surface area contributed by atoms with Crippen molar-refractivity contribution in [3.8, 4) is 17.5 Å². The van der Waals surface area contributed by atoms with Gasteiger partial charge in [-0.2, -0.15) is 5.26 Å². The van der Waals surface area contributed by atoms with Crippen LogP contribution in [0.15, 0.2) is 42.5 Å². The van der Waals surface area contributed by atoms with Gasteiger partial charge in [0.15, 0.2) is 23.3 Å². The van der Waals surface area contributed by atoms with Gasteiger partial charge in [-0.25, -0.2) is 8.78 Å². The summed E-state index contributed by atoms with van der Waals surface area (Å²) in [6.45, 7) is 1.19. The molecule has 124 valence electrons. The summed E-state index contributed by atoms with van der Waals surface area (Å²) in [5, 5.41) is 17.2. The summed E-state index contributed by atoms with van der Waals surface area (Å²) in [6.07, 6.45) is 0. The first kappa shape index (κ1) is 15.3. The molecule has 1 aliphatic heterocycles. The fourth-order valence-electron chi connectivity index (χ4n) is 3.08. The van der Waals surface area contributed by atoms with Gasteiger partial charge in [0.1, 0.15) is 5.69 Å². The van der Waals surface area contributed by atoms with Crippen LogP contribution >= 0.6 is 0 Å². The lowest BCUT2D eigenvalue weighted by Gasteiger charge is -2.30. The average molecular weight is 337 g/mol. The lowest BCUT2D eigenvalue weighted by Crippen LogP contribution is -2.35. The number of benzene rings is 2. The van der Waals surface area contributed by atoms with Crippen LogP contribution in [-0.2, 0) is 13.1 Å². The lowest BCUT2D eigenvalue weighted by atomic mass is 10.1. The molecule has 0 saturated heterocycles. The number of nitrogens with zero attached hydrogens (tertiary/aromatic N) is 5. The molecule has 1 aliphatic rings. The quantitative estimate of drug-likeness (QED) is 0.721. The molecule has 0 fully saturated rings. The van der Waals surface area contributed by atoms with E-state index in [1.807, 2.05) is 34.9 Å². The van der Waals surface area contributed by atoms with Crippen molar-refractivity contribution in [1.29, 1.82) is 5.26 Å². The fourth-order valence-corrected chi connectivity index (χ4v) is 3.08. The maximum atomic E-state index is 14.3. The van der Waals surface area contributed by atoms with E-state index < -0.39 is 11.6 Å². The van der Waals surface area contributed by atoms with Crippen molar-refractivity contribution < 1.29 is 8.78 Å². The van der Waals surface area contributed by atoms with Crippen LogP contribution in [0.5, 0.6) is 0 Å². The molecule has 0 saturated carbocycles. The Morgan fingerprint density at radius 2 is 1.72 bits per heavy atom. The summed E-state index contributed by atoms with van der Waals surface area (Å²) in [5.41, 5.74) is 0.783. The Bertz CT molecular complexity index is 952.